The Hall–Kier alpha value is -1.73. The highest BCUT2D eigenvalue weighted by Crippen LogP contribution is 2.19. The van der Waals surface area contributed by atoms with Crippen molar-refractivity contribution < 1.29 is 4.74 Å². The van der Waals surface area contributed by atoms with E-state index in [4.69, 9.17) is 10.5 Å². The highest BCUT2D eigenvalue weighted by molar-refractivity contribution is 5.82. The summed E-state index contributed by atoms with van der Waals surface area (Å²) in [6, 6.07) is 0. The van der Waals surface area contributed by atoms with E-state index in [-0.39, 0.29) is 6.10 Å². The van der Waals surface area contributed by atoms with Gasteiger partial charge in [0.05, 0.1) is 12.4 Å². The van der Waals surface area contributed by atoms with Crippen LogP contribution in [-0.2, 0) is 11.5 Å². The van der Waals surface area contributed by atoms with Crippen LogP contribution in [0.5, 0.6) is 0 Å². The lowest BCUT2D eigenvalue weighted by atomic mass is 10.4. The van der Waals surface area contributed by atoms with Crippen LogP contribution >= 0.6 is 0 Å². The summed E-state index contributed by atoms with van der Waals surface area (Å²) in [7, 11) is 3.85. The fourth-order valence-corrected chi connectivity index (χ4v) is 1.57. The first-order chi connectivity index (χ1) is 8.63. The lowest BCUT2D eigenvalue weighted by Crippen LogP contribution is -2.21. The first-order valence-electron chi connectivity index (χ1n) is 5.78. The van der Waals surface area contributed by atoms with Gasteiger partial charge in [-0.15, -0.1) is 0 Å². The summed E-state index contributed by atoms with van der Waals surface area (Å²) in [5.41, 5.74) is 7.04. The molecule has 0 bridgehead atoms. The van der Waals surface area contributed by atoms with Crippen LogP contribution in [0.4, 0.5) is 5.82 Å². The normalized spacial score (nSPS) is 12.9. The molecule has 2 aromatic rings. The van der Waals surface area contributed by atoms with Crippen LogP contribution in [0.3, 0.4) is 0 Å². The van der Waals surface area contributed by atoms with E-state index in [2.05, 4.69) is 15.0 Å². The van der Waals surface area contributed by atoms with Gasteiger partial charge < -0.3 is 15.4 Å². The largest absolute Gasteiger partial charge is 0.361 e. The van der Waals surface area contributed by atoms with Gasteiger partial charge in [0.25, 0.3) is 0 Å². The van der Waals surface area contributed by atoms with Crippen molar-refractivity contribution in [2.75, 3.05) is 25.5 Å². The van der Waals surface area contributed by atoms with Gasteiger partial charge in [0.1, 0.15) is 13.1 Å². The third-order valence-corrected chi connectivity index (χ3v) is 2.64. The summed E-state index contributed by atoms with van der Waals surface area (Å²) >= 11 is 0. The number of ether oxygens (including phenoxy) is 1. The first kappa shape index (κ1) is 12.7. The summed E-state index contributed by atoms with van der Waals surface area (Å²) in [5, 5.41) is 0. The fraction of sp³-hybridized carbons (Fsp3) is 0.545. The number of imidazole rings is 1. The average molecular weight is 250 g/mol. The van der Waals surface area contributed by atoms with Gasteiger partial charge in [-0.1, -0.05) is 0 Å². The van der Waals surface area contributed by atoms with Gasteiger partial charge in [-0.3, -0.25) is 4.57 Å². The van der Waals surface area contributed by atoms with Crippen LogP contribution in [0.2, 0.25) is 0 Å². The highest BCUT2D eigenvalue weighted by Gasteiger charge is 2.11. The maximum absolute atomic E-state index is 5.57. The van der Waals surface area contributed by atoms with E-state index in [1.807, 2.05) is 30.5 Å². The van der Waals surface area contributed by atoms with Gasteiger partial charge in [0.15, 0.2) is 17.0 Å². The molecule has 1 unspecified atom stereocenters. The van der Waals surface area contributed by atoms with Gasteiger partial charge in [-0.25, -0.2) is 15.0 Å². The molecule has 0 spiro atoms. The molecule has 2 N–H and O–H groups in total. The first-order valence-corrected chi connectivity index (χ1v) is 5.78. The smallest absolute Gasteiger partial charge is 0.167 e. The molecule has 0 fully saturated rings. The van der Waals surface area contributed by atoms with Crippen molar-refractivity contribution in [1.82, 2.24) is 19.5 Å². The Balaban J connectivity index is 2.28. The Morgan fingerprint density at radius 3 is 2.83 bits per heavy atom. The van der Waals surface area contributed by atoms with Crippen molar-refractivity contribution in [2.45, 2.75) is 19.8 Å². The maximum Gasteiger partial charge on any atom is 0.167 e. The molecule has 0 radical (unpaired) electrons. The van der Waals surface area contributed by atoms with Crippen molar-refractivity contribution in [3.8, 4) is 0 Å². The molecular formula is C11H18N6O. The molecule has 2 aromatic heterocycles. The molecule has 0 saturated carbocycles. The average Bonchev–Trinajstić information content (AvgIpc) is 2.78. The molecule has 0 aliphatic carbocycles. The SMILES string of the molecule is CC(CN)OCn1cnc2c(N(C)C)ncnc21. The zero-order valence-electron chi connectivity index (χ0n) is 10.9. The Labute approximate surface area is 106 Å². The Morgan fingerprint density at radius 2 is 2.17 bits per heavy atom. The number of aromatic nitrogens is 4. The minimum Gasteiger partial charge on any atom is -0.361 e. The van der Waals surface area contributed by atoms with Crippen molar-refractivity contribution >= 4 is 17.0 Å². The second kappa shape index (κ2) is 5.28. The molecule has 7 nitrogen and oxygen atoms in total. The summed E-state index contributed by atoms with van der Waals surface area (Å²) in [4.78, 5) is 14.7. The topological polar surface area (TPSA) is 82.1 Å². The molecule has 98 valence electrons. The molecule has 0 aliphatic rings. The quantitative estimate of drug-likeness (QED) is 0.817. The summed E-state index contributed by atoms with van der Waals surface area (Å²) in [6.07, 6.45) is 3.25. The summed E-state index contributed by atoms with van der Waals surface area (Å²) in [6.45, 7) is 2.81. The predicted octanol–water partition coefficient (Wildman–Crippen LogP) is 0.214. The lowest BCUT2D eigenvalue weighted by molar-refractivity contribution is 0.0248. The minimum absolute atomic E-state index is 0.0117. The van der Waals surface area contributed by atoms with Crippen LogP contribution in [0.25, 0.3) is 11.2 Å². The molecule has 0 saturated heterocycles. The highest BCUT2D eigenvalue weighted by atomic mass is 16.5. The summed E-state index contributed by atoms with van der Waals surface area (Å²) in [5.74, 6) is 0.797. The van der Waals surface area contributed by atoms with Gasteiger partial charge in [0, 0.05) is 20.6 Å². The molecular weight excluding hydrogens is 232 g/mol. The number of anilines is 1. The van der Waals surface area contributed by atoms with Gasteiger partial charge >= 0.3 is 0 Å². The maximum atomic E-state index is 5.57. The van der Waals surface area contributed by atoms with E-state index in [0.29, 0.717) is 13.3 Å². The van der Waals surface area contributed by atoms with E-state index >= 15 is 0 Å². The van der Waals surface area contributed by atoms with Gasteiger partial charge in [0.2, 0.25) is 0 Å². The molecule has 7 heteroatoms. The number of hydrogen-bond acceptors (Lipinski definition) is 6. The summed E-state index contributed by atoms with van der Waals surface area (Å²) < 4.78 is 7.41. The predicted molar refractivity (Wildman–Crippen MR) is 69.3 cm³/mol. The second-order valence-corrected chi connectivity index (χ2v) is 4.32. The number of nitrogens with zero attached hydrogens (tertiary/aromatic N) is 5. The van der Waals surface area contributed by atoms with Gasteiger partial charge in [-0.05, 0) is 6.92 Å². The van der Waals surface area contributed by atoms with E-state index < -0.39 is 0 Å². The Morgan fingerprint density at radius 1 is 1.39 bits per heavy atom. The number of rotatable bonds is 5. The molecule has 0 amide bonds. The fourth-order valence-electron chi connectivity index (χ4n) is 1.57. The molecule has 18 heavy (non-hydrogen) atoms. The molecule has 1 atom stereocenters. The zero-order chi connectivity index (χ0) is 13.1. The van der Waals surface area contributed by atoms with Crippen LogP contribution < -0.4 is 10.6 Å². The van der Waals surface area contributed by atoms with Crippen molar-refractivity contribution in [1.29, 1.82) is 0 Å². The number of nitrogens with two attached hydrogens (primary N) is 1. The van der Waals surface area contributed by atoms with Crippen LogP contribution in [-0.4, -0.2) is 46.3 Å². The Kier molecular flexibility index (Phi) is 3.73. The van der Waals surface area contributed by atoms with E-state index in [9.17, 15) is 0 Å². The van der Waals surface area contributed by atoms with E-state index in [1.165, 1.54) is 6.33 Å². The Bertz CT molecular complexity index is 523. The third-order valence-electron chi connectivity index (χ3n) is 2.64. The number of fused-ring (bicyclic) bond motifs is 1. The monoisotopic (exact) mass is 250 g/mol. The van der Waals surface area contributed by atoms with Crippen molar-refractivity contribution in [3.63, 3.8) is 0 Å². The molecule has 2 heterocycles. The van der Waals surface area contributed by atoms with E-state index in [0.717, 1.165) is 17.0 Å². The van der Waals surface area contributed by atoms with Crippen LogP contribution in [0.15, 0.2) is 12.7 Å². The standard InChI is InChI=1S/C11H18N6O/c1-8(4-12)18-7-17-6-15-9-10(16(2)3)13-5-14-11(9)17/h5-6,8H,4,7,12H2,1-3H3. The van der Waals surface area contributed by atoms with Crippen molar-refractivity contribution in [2.24, 2.45) is 5.73 Å². The van der Waals surface area contributed by atoms with Crippen LogP contribution in [0, 0.1) is 0 Å². The molecule has 0 aliphatic heterocycles. The van der Waals surface area contributed by atoms with E-state index in [1.54, 1.807) is 6.33 Å². The van der Waals surface area contributed by atoms with Crippen molar-refractivity contribution in [3.05, 3.63) is 12.7 Å². The van der Waals surface area contributed by atoms with Crippen LogP contribution in [0.1, 0.15) is 6.92 Å². The molecule has 2 rings (SSSR count). The third kappa shape index (κ3) is 2.41. The van der Waals surface area contributed by atoms with Gasteiger partial charge in [-0.2, -0.15) is 0 Å². The molecule has 0 aromatic carbocycles. The number of hydrogen-bond donors (Lipinski definition) is 1. The second-order valence-electron chi connectivity index (χ2n) is 4.32. The minimum atomic E-state index is 0.0117. The zero-order valence-corrected chi connectivity index (χ0v) is 10.9. The lowest BCUT2D eigenvalue weighted by Gasteiger charge is -2.12.